The van der Waals surface area contributed by atoms with Crippen LogP contribution in [0.3, 0.4) is 0 Å². The minimum Gasteiger partial charge on any atom is -0.342 e. The molecule has 0 aromatic rings. The molecule has 4 nitrogen and oxygen atoms in total. The maximum atomic E-state index is 12.5. The average Bonchev–Trinajstić information content (AvgIpc) is 2.32. The van der Waals surface area contributed by atoms with Crippen molar-refractivity contribution in [3.63, 3.8) is 0 Å². The van der Waals surface area contributed by atoms with Gasteiger partial charge in [0.1, 0.15) is 12.1 Å². The van der Waals surface area contributed by atoms with Crippen molar-refractivity contribution in [2.24, 2.45) is 5.92 Å². The molecule has 1 fully saturated rings. The molecule has 0 radical (unpaired) electrons. The summed E-state index contributed by atoms with van der Waals surface area (Å²) in [4.78, 5) is 26.5. The van der Waals surface area contributed by atoms with E-state index in [4.69, 9.17) is 6.42 Å². The van der Waals surface area contributed by atoms with Crippen LogP contribution in [0.5, 0.6) is 0 Å². The van der Waals surface area contributed by atoms with Gasteiger partial charge in [-0.1, -0.05) is 27.2 Å². The van der Waals surface area contributed by atoms with Gasteiger partial charge in [0, 0.05) is 12.5 Å². The normalized spacial score (nSPS) is 25.2. The molecule has 1 N–H and O–H groups in total. The summed E-state index contributed by atoms with van der Waals surface area (Å²) >= 11 is 0. The van der Waals surface area contributed by atoms with E-state index < -0.39 is 12.1 Å². The summed E-state index contributed by atoms with van der Waals surface area (Å²) in [6, 6.07) is -0.910. The molecule has 0 bridgehead atoms. The van der Waals surface area contributed by atoms with Crippen LogP contribution in [0.2, 0.25) is 0 Å². The van der Waals surface area contributed by atoms with Crippen molar-refractivity contribution in [1.82, 2.24) is 10.2 Å². The molecule has 3 atom stereocenters. The van der Waals surface area contributed by atoms with Gasteiger partial charge in [-0.15, -0.1) is 12.3 Å². The monoisotopic (exact) mass is 264 g/mol. The third kappa shape index (κ3) is 3.28. The first-order valence-corrected chi connectivity index (χ1v) is 7.00. The average molecular weight is 264 g/mol. The second-order valence-corrected chi connectivity index (χ2v) is 5.54. The molecule has 106 valence electrons. The molecule has 0 aromatic carbocycles. The van der Waals surface area contributed by atoms with E-state index in [0.717, 1.165) is 6.42 Å². The van der Waals surface area contributed by atoms with Crippen molar-refractivity contribution < 1.29 is 9.59 Å². The van der Waals surface area contributed by atoms with Gasteiger partial charge in [0.25, 0.3) is 0 Å². The highest BCUT2D eigenvalue weighted by Crippen LogP contribution is 2.22. The molecule has 1 heterocycles. The number of carbonyl (C=O) groups excluding carboxylic acids is 2. The molecule has 2 amide bonds. The van der Waals surface area contributed by atoms with Gasteiger partial charge in [0.15, 0.2) is 0 Å². The van der Waals surface area contributed by atoms with E-state index in [1.807, 2.05) is 27.7 Å². The molecular weight excluding hydrogens is 240 g/mol. The predicted molar refractivity (Wildman–Crippen MR) is 75.2 cm³/mol. The van der Waals surface area contributed by atoms with E-state index in [1.165, 1.54) is 0 Å². The molecule has 1 saturated heterocycles. The minimum atomic E-state index is -0.413. The molecule has 1 aliphatic heterocycles. The van der Waals surface area contributed by atoms with E-state index in [-0.39, 0.29) is 23.8 Å². The van der Waals surface area contributed by atoms with Gasteiger partial charge in [0.2, 0.25) is 11.8 Å². The summed E-state index contributed by atoms with van der Waals surface area (Å²) in [5.41, 5.74) is 0. The Kier molecular flexibility index (Phi) is 5.41. The number of nitrogens with zero attached hydrogens (tertiary/aromatic N) is 1. The first-order valence-electron chi connectivity index (χ1n) is 7.00. The highest BCUT2D eigenvalue weighted by Gasteiger charge is 2.43. The Hall–Kier alpha value is -1.50. The molecule has 19 heavy (non-hydrogen) atoms. The molecule has 0 aliphatic carbocycles. The van der Waals surface area contributed by atoms with Gasteiger partial charge in [-0.25, -0.2) is 0 Å². The molecule has 4 heteroatoms. The number of carbonyl (C=O) groups is 2. The molecule has 3 unspecified atom stereocenters. The first kappa shape index (κ1) is 15.6. The molecule has 0 aromatic heterocycles. The number of nitrogens with one attached hydrogen (secondary N) is 1. The molecular formula is C15H24N2O2. The number of hydrogen-bond donors (Lipinski definition) is 1. The van der Waals surface area contributed by atoms with Crippen LogP contribution >= 0.6 is 0 Å². The molecule has 0 saturated carbocycles. The SMILES string of the molecule is C#CCC(C)N1C(=O)C(CCC)NC(=O)C1C(C)C. The van der Waals surface area contributed by atoms with E-state index in [1.54, 1.807) is 4.90 Å². The topological polar surface area (TPSA) is 49.4 Å². The van der Waals surface area contributed by atoms with E-state index in [9.17, 15) is 9.59 Å². The van der Waals surface area contributed by atoms with E-state index in [0.29, 0.717) is 12.8 Å². The summed E-state index contributed by atoms with van der Waals surface area (Å²) in [5, 5.41) is 2.84. The van der Waals surface area contributed by atoms with Gasteiger partial charge in [-0.05, 0) is 19.3 Å². The maximum Gasteiger partial charge on any atom is 0.246 e. The van der Waals surface area contributed by atoms with Crippen LogP contribution in [0.25, 0.3) is 0 Å². The largest absolute Gasteiger partial charge is 0.342 e. The van der Waals surface area contributed by atoms with Crippen molar-refractivity contribution in [3.05, 3.63) is 0 Å². The Morgan fingerprint density at radius 3 is 2.47 bits per heavy atom. The third-order valence-electron chi connectivity index (χ3n) is 3.53. The Morgan fingerprint density at radius 2 is 2.00 bits per heavy atom. The minimum absolute atomic E-state index is 0.00269. The summed E-state index contributed by atoms with van der Waals surface area (Å²) < 4.78 is 0. The van der Waals surface area contributed by atoms with Gasteiger partial charge in [-0.2, -0.15) is 0 Å². The Bertz CT molecular complexity index is 384. The second kappa shape index (κ2) is 6.60. The lowest BCUT2D eigenvalue weighted by Gasteiger charge is -2.43. The Morgan fingerprint density at radius 1 is 1.37 bits per heavy atom. The van der Waals surface area contributed by atoms with Gasteiger partial charge in [0.05, 0.1) is 0 Å². The van der Waals surface area contributed by atoms with Crippen molar-refractivity contribution in [2.75, 3.05) is 0 Å². The fourth-order valence-electron chi connectivity index (χ4n) is 2.63. The summed E-state index contributed by atoms with van der Waals surface area (Å²) in [6.07, 6.45) is 7.35. The van der Waals surface area contributed by atoms with Crippen LogP contribution < -0.4 is 5.32 Å². The summed E-state index contributed by atoms with van der Waals surface area (Å²) in [6.45, 7) is 7.82. The molecule has 0 spiro atoms. The van der Waals surface area contributed by atoms with Crippen LogP contribution in [0.1, 0.15) is 47.0 Å². The van der Waals surface area contributed by atoms with Crippen LogP contribution in [-0.4, -0.2) is 34.8 Å². The highest BCUT2D eigenvalue weighted by molar-refractivity contribution is 5.97. The fraction of sp³-hybridized carbons (Fsp3) is 0.733. The lowest BCUT2D eigenvalue weighted by Crippen LogP contribution is -2.66. The first-order chi connectivity index (χ1) is 8.93. The zero-order valence-corrected chi connectivity index (χ0v) is 12.3. The number of terminal acetylenes is 1. The van der Waals surface area contributed by atoms with Crippen molar-refractivity contribution in [1.29, 1.82) is 0 Å². The zero-order chi connectivity index (χ0) is 14.6. The summed E-state index contributed by atoms with van der Waals surface area (Å²) in [5.74, 6) is 2.60. The van der Waals surface area contributed by atoms with E-state index in [2.05, 4.69) is 11.2 Å². The third-order valence-corrected chi connectivity index (χ3v) is 3.53. The predicted octanol–water partition coefficient (Wildman–Crippen LogP) is 1.55. The number of hydrogen-bond acceptors (Lipinski definition) is 2. The molecule has 1 aliphatic rings. The van der Waals surface area contributed by atoms with Crippen LogP contribution in [0.15, 0.2) is 0 Å². The van der Waals surface area contributed by atoms with Crippen LogP contribution in [-0.2, 0) is 9.59 Å². The lowest BCUT2D eigenvalue weighted by atomic mass is 9.93. The smallest absolute Gasteiger partial charge is 0.246 e. The van der Waals surface area contributed by atoms with Gasteiger partial charge in [-0.3, -0.25) is 9.59 Å². The van der Waals surface area contributed by atoms with Crippen molar-refractivity contribution in [3.8, 4) is 12.3 Å². The van der Waals surface area contributed by atoms with Gasteiger partial charge >= 0.3 is 0 Å². The quantitative estimate of drug-likeness (QED) is 0.766. The van der Waals surface area contributed by atoms with Crippen LogP contribution in [0.4, 0.5) is 0 Å². The van der Waals surface area contributed by atoms with E-state index >= 15 is 0 Å². The lowest BCUT2D eigenvalue weighted by molar-refractivity contribution is -0.153. The highest BCUT2D eigenvalue weighted by atomic mass is 16.2. The Balaban J connectivity index is 3.03. The van der Waals surface area contributed by atoms with Gasteiger partial charge < -0.3 is 10.2 Å². The van der Waals surface area contributed by atoms with Crippen LogP contribution in [0, 0.1) is 18.3 Å². The zero-order valence-electron chi connectivity index (χ0n) is 12.3. The number of piperazine rings is 1. The fourth-order valence-corrected chi connectivity index (χ4v) is 2.63. The maximum absolute atomic E-state index is 12.5. The Labute approximate surface area is 115 Å². The standard InChI is InChI=1S/C15H24N2O2/c1-6-8-11(5)17-13(10(3)4)14(18)16-12(9-7-2)15(17)19/h1,10-13H,7-9H2,2-5H3,(H,16,18). The summed E-state index contributed by atoms with van der Waals surface area (Å²) in [7, 11) is 0. The van der Waals surface area contributed by atoms with Crippen molar-refractivity contribution in [2.45, 2.75) is 65.1 Å². The number of rotatable bonds is 5. The second-order valence-electron chi connectivity index (χ2n) is 5.54. The van der Waals surface area contributed by atoms with Crippen molar-refractivity contribution >= 4 is 11.8 Å². The number of amides is 2. The molecule has 1 rings (SSSR count).